The Balaban J connectivity index is 1.76. The molecule has 1 N–H and O–H groups in total. The van der Waals surface area contributed by atoms with Gasteiger partial charge in [-0.2, -0.15) is 0 Å². The number of carbonyl (C=O) groups excluding carboxylic acids is 1. The number of amides is 1. The van der Waals surface area contributed by atoms with Crippen LogP contribution in [0.2, 0.25) is 0 Å². The number of carbonyl (C=O) groups is 1. The van der Waals surface area contributed by atoms with Gasteiger partial charge in [0.15, 0.2) is 0 Å². The molecule has 1 amide bonds. The molecule has 0 aromatic heterocycles. The molecule has 2 fully saturated rings. The van der Waals surface area contributed by atoms with Crippen molar-refractivity contribution < 1.29 is 9.53 Å². The molecule has 4 heteroatoms. The second-order valence-corrected chi connectivity index (χ2v) is 5.70. The van der Waals surface area contributed by atoms with Crippen molar-refractivity contribution in [3.05, 3.63) is 0 Å². The minimum atomic E-state index is 0.364. The Hall–Kier alpha value is -0.610. The zero-order valence-corrected chi connectivity index (χ0v) is 11.5. The van der Waals surface area contributed by atoms with Gasteiger partial charge in [-0.05, 0) is 50.6 Å². The number of piperidine rings is 2. The van der Waals surface area contributed by atoms with E-state index in [1.54, 1.807) is 7.11 Å². The molecule has 104 valence electrons. The van der Waals surface area contributed by atoms with E-state index in [9.17, 15) is 4.79 Å². The van der Waals surface area contributed by atoms with Gasteiger partial charge in [-0.15, -0.1) is 0 Å². The quantitative estimate of drug-likeness (QED) is 0.821. The molecule has 2 rings (SSSR count). The minimum absolute atomic E-state index is 0.364. The minimum Gasteiger partial charge on any atom is -0.384 e. The first kappa shape index (κ1) is 13.8. The molecule has 2 heterocycles. The second-order valence-electron chi connectivity index (χ2n) is 5.70. The largest absolute Gasteiger partial charge is 0.384 e. The molecule has 0 bridgehead atoms. The van der Waals surface area contributed by atoms with E-state index >= 15 is 0 Å². The first-order valence-electron chi connectivity index (χ1n) is 7.27. The Morgan fingerprint density at radius 3 is 2.78 bits per heavy atom. The average Bonchev–Trinajstić information content (AvgIpc) is 2.40. The van der Waals surface area contributed by atoms with Crippen molar-refractivity contribution in [2.24, 2.45) is 11.8 Å². The summed E-state index contributed by atoms with van der Waals surface area (Å²) in [7, 11) is 1.75. The number of hydrogen-bond donors (Lipinski definition) is 1. The fourth-order valence-electron chi connectivity index (χ4n) is 3.13. The molecule has 1 atom stereocenters. The first-order valence-corrected chi connectivity index (χ1v) is 7.27. The Labute approximate surface area is 110 Å². The van der Waals surface area contributed by atoms with E-state index in [4.69, 9.17) is 4.74 Å². The predicted octanol–water partition coefficient (Wildman–Crippen LogP) is 1.26. The molecule has 0 aromatic carbocycles. The number of nitrogens with zero attached hydrogens (tertiary/aromatic N) is 1. The van der Waals surface area contributed by atoms with E-state index in [1.165, 1.54) is 6.42 Å². The van der Waals surface area contributed by atoms with Crippen LogP contribution in [0.1, 0.15) is 32.1 Å². The molecular formula is C14H26N2O2. The Morgan fingerprint density at radius 2 is 2.06 bits per heavy atom. The highest BCUT2D eigenvalue weighted by atomic mass is 16.5. The topological polar surface area (TPSA) is 41.6 Å². The normalized spacial score (nSPS) is 26.3. The Bertz CT molecular complexity index is 263. The number of ether oxygens (including phenoxy) is 1. The van der Waals surface area contributed by atoms with Crippen LogP contribution in [0.4, 0.5) is 0 Å². The predicted molar refractivity (Wildman–Crippen MR) is 71.4 cm³/mol. The van der Waals surface area contributed by atoms with Crippen LogP contribution in [-0.4, -0.2) is 50.7 Å². The molecule has 2 aliphatic heterocycles. The van der Waals surface area contributed by atoms with Crippen molar-refractivity contribution in [2.75, 3.05) is 39.9 Å². The van der Waals surface area contributed by atoms with Crippen LogP contribution in [0.5, 0.6) is 0 Å². The lowest BCUT2D eigenvalue weighted by atomic mass is 9.92. The van der Waals surface area contributed by atoms with Gasteiger partial charge in [-0.25, -0.2) is 0 Å². The van der Waals surface area contributed by atoms with E-state index in [1.807, 2.05) is 0 Å². The lowest BCUT2D eigenvalue weighted by molar-refractivity contribution is -0.134. The lowest BCUT2D eigenvalue weighted by Crippen LogP contribution is -2.42. The summed E-state index contributed by atoms with van der Waals surface area (Å²) in [4.78, 5) is 14.3. The molecule has 0 saturated carbocycles. The van der Waals surface area contributed by atoms with Crippen LogP contribution in [0.3, 0.4) is 0 Å². The highest BCUT2D eigenvalue weighted by Gasteiger charge is 2.25. The summed E-state index contributed by atoms with van der Waals surface area (Å²) >= 11 is 0. The lowest BCUT2D eigenvalue weighted by Gasteiger charge is -2.34. The highest BCUT2D eigenvalue weighted by molar-refractivity contribution is 5.76. The third kappa shape index (κ3) is 3.95. The summed E-state index contributed by atoms with van der Waals surface area (Å²) in [6.07, 6.45) is 5.39. The van der Waals surface area contributed by atoms with E-state index in [0.717, 1.165) is 58.5 Å². The van der Waals surface area contributed by atoms with Gasteiger partial charge >= 0.3 is 0 Å². The molecule has 0 aliphatic carbocycles. The number of nitrogens with one attached hydrogen (secondary N) is 1. The zero-order valence-electron chi connectivity index (χ0n) is 11.5. The summed E-state index contributed by atoms with van der Waals surface area (Å²) in [5.41, 5.74) is 0. The van der Waals surface area contributed by atoms with Gasteiger partial charge in [-0.1, -0.05) is 0 Å². The van der Waals surface area contributed by atoms with Crippen molar-refractivity contribution in [1.82, 2.24) is 10.2 Å². The molecule has 2 aliphatic rings. The van der Waals surface area contributed by atoms with Crippen molar-refractivity contribution in [3.63, 3.8) is 0 Å². The third-order valence-electron chi connectivity index (χ3n) is 4.20. The number of methoxy groups -OCH3 is 1. The molecule has 0 radical (unpaired) electrons. The number of rotatable bonds is 4. The van der Waals surface area contributed by atoms with Gasteiger partial charge < -0.3 is 15.0 Å². The maximum atomic E-state index is 12.3. The first-order chi connectivity index (χ1) is 8.79. The van der Waals surface area contributed by atoms with Crippen molar-refractivity contribution in [1.29, 1.82) is 0 Å². The van der Waals surface area contributed by atoms with Crippen LogP contribution in [0.25, 0.3) is 0 Å². The maximum Gasteiger partial charge on any atom is 0.222 e. The van der Waals surface area contributed by atoms with Gasteiger partial charge in [0.25, 0.3) is 0 Å². The molecule has 0 aromatic rings. The molecular weight excluding hydrogens is 228 g/mol. The SMILES string of the molecule is COCC1CCCN(C(=O)CC2CCNCC2)C1. The van der Waals surface area contributed by atoms with Crippen LogP contribution in [0, 0.1) is 11.8 Å². The summed E-state index contributed by atoms with van der Waals surface area (Å²) in [5, 5.41) is 3.35. The van der Waals surface area contributed by atoms with Gasteiger partial charge in [-0.3, -0.25) is 4.79 Å². The molecule has 4 nitrogen and oxygen atoms in total. The van der Waals surface area contributed by atoms with Crippen molar-refractivity contribution >= 4 is 5.91 Å². The standard InChI is InChI=1S/C14H26N2O2/c1-18-11-13-3-2-8-16(10-13)14(17)9-12-4-6-15-7-5-12/h12-13,15H,2-11H2,1H3. The van der Waals surface area contributed by atoms with Crippen LogP contribution < -0.4 is 5.32 Å². The zero-order chi connectivity index (χ0) is 12.8. The number of likely N-dealkylation sites (tertiary alicyclic amines) is 1. The van der Waals surface area contributed by atoms with Gasteiger partial charge in [0.1, 0.15) is 0 Å². The highest BCUT2D eigenvalue weighted by Crippen LogP contribution is 2.21. The van der Waals surface area contributed by atoms with E-state index in [-0.39, 0.29) is 0 Å². The molecule has 18 heavy (non-hydrogen) atoms. The van der Waals surface area contributed by atoms with Crippen molar-refractivity contribution in [2.45, 2.75) is 32.1 Å². The van der Waals surface area contributed by atoms with E-state index in [2.05, 4.69) is 10.2 Å². The molecule has 1 unspecified atom stereocenters. The maximum absolute atomic E-state index is 12.3. The van der Waals surface area contributed by atoms with Crippen molar-refractivity contribution in [3.8, 4) is 0 Å². The molecule has 2 saturated heterocycles. The Morgan fingerprint density at radius 1 is 1.28 bits per heavy atom. The van der Waals surface area contributed by atoms with Crippen LogP contribution in [-0.2, 0) is 9.53 Å². The van der Waals surface area contributed by atoms with Crippen LogP contribution >= 0.6 is 0 Å². The molecule has 0 spiro atoms. The number of hydrogen-bond acceptors (Lipinski definition) is 3. The van der Waals surface area contributed by atoms with Gasteiger partial charge in [0, 0.05) is 26.6 Å². The third-order valence-corrected chi connectivity index (χ3v) is 4.20. The second kappa shape index (κ2) is 7.10. The summed E-state index contributed by atoms with van der Waals surface area (Å²) in [6.45, 7) is 4.79. The summed E-state index contributed by atoms with van der Waals surface area (Å²) < 4.78 is 5.21. The van der Waals surface area contributed by atoms with Gasteiger partial charge in [0.05, 0.1) is 6.61 Å². The summed E-state index contributed by atoms with van der Waals surface area (Å²) in [5.74, 6) is 1.50. The average molecular weight is 254 g/mol. The van der Waals surface area contributed by atoms with E-state index < -0.39 is 0 Å². The Kier molecular flexibility index (Phi) is 5.45. The van der Waals surface area contributed by atoms with E-state index in [0.29, 0.717) is 17.7 Å². The smallest absolute Gasteiger partial charge is 0.222 e. The fraction of sp³-hybridized carbons (Fsp3) is 0.929. The van der Waals surface area contributed by atoms with Crippen LogP contribution in [0.15, 0.2) is 0 Å². The van der Waals surface area contributed by atoms with Gasteiger partial charge in [0.2, 0.25) is 5.91 Å². The fourth-order valence-corrected chi connectivity index (χ4v) is 3.13. The monoisotopic (exact) mass is 254 g/mol. The summed E-state index contributed by atoms with van der Waals surface area (Å²) in [6, 6.07) is 0.